The van der Waals surface area contributed by atoms with Gasteiger partial charge in [-0.05, 0) is 30.5 Å². The summed E-state index contributed by atoms with van der Waals surface area (Å²) >= 11 is 0. The van der Waals surface area contributed by atoms with Gasteiger partial charge in [-0.25, -0.2) is 0 Å². The molecular formula is C14H21NO. The largest absolute Gasteiger partial charge is 0.392 e. The summed E-state index contributed by atoms with van der Waals surface area (Å²) in [6, 6.07) is 8.31. The van der Waals surface area contributed by atoms with E-state index < -0.39 is 0 Å². The maximum absolute atomic E-state index is 9.01. The summed E-state index contributed by atoms with van der Waals surface area (Å²) in [6.45, 7) is 2.50. The highest BCUT2D eigenvalue weighted by atomic mass is 16.3. The first-order chi connectivity index (χ1) is 7.90. The Bertz CT molecular complexity index is 299. The molecule has 2 heteroatoms. The molecule has 0 bridgehead atoms. The fraction of sp³-hybridized carbons (Fsp3) is 0.571. The molecule has 0 aliphatic carbocycles. The number of aliphatic hydroxyl groups is 1. The first-order valence-electron chi connectivity index (χ1n) is 6.35. The summed E-state index contributed by atoms with van der Waals surface area (Å²) in [5.74, 6) is 0. The number of nitrogens with zero attached hydrogens (tertiary/aromatic N) is 1. The Kier molecular flexibility index (Phi) is 4.23. The molecule has 0 spiro atoms. The Morgan fingerprint density at radius 1 is 0.875 bits per heavy atom. The number of hydrogen-bond donors (Lipinski definition) is 1. The zero-order valence-corrected chi connectivity index (χ0v) is 9.86. The molecule has 1 aromatic carbocycles. The summed E-state index contributed by atoms with van der Waals surface area (Å²) in [7, 11) is 0. The molecule has 2 nitrogen and oxygen atoms in total. The molecule has 0 radical (unpaired) electrons. The van der Waals surface area contributed by atoms with Gasteiger partial charge in [-0.1, -0.05) is 31.4 Å². The minimum Gasteiger partial charge on any atom is -0.392 e. The first kappa shape index (κ1) is 11.5. The maximum atomic E-state index is 9.01. The predicted molar refractivity (Wildman–Crippen MR) is 67.7 cm³/mol. The lowest BCUT2D eigenvalue weighted by Gasteiger charge is -2.27. The fourth-order valence-electron chi connectivity index (χ4n) is 2.32. The Hall–Kier alpha value is -1.02. The third-order valence-corrected chi connectivity index (χ3v) is 3.34. The smallest absolute Gasteiger partial charge is 0.0681 e. The third-order valence-electron chi connectivity index (χ3n) is 3.34. The van der Waals surface area contributed by atoms with E-state index >= 15 is 0 Å². The molecule has 2 rings (SSSR count). The molecule has 1 aliphatic rings. The highest BCUT2D eigenvalue weighted by Crippen LogP contribution is 2.19. The molecule has 0 saturated carbocycles. The van der Waals surface area contributed by atoms with Crippen LogP contribution in [0.5, 0.6) is 0 Å². The van der Waals surface area contributed by atoms with E-state index in [1.54, 1.807) is 0 Å². The van der Waals surface area contributed by atoms with Crippen LogP contribution in [0.3, 0.4) is 0 Å². The van der Waals surface area contributed by atoms with Gasteiger partial charge in [0.1, 0.15) is 0 Å². The number of benzene rings is 1. The van der Waals surface area contributed by atoms with Crippen molar-refractivity contribution in [2.75, 3.05) is 18.0 Å². The monoisotopic (exact) mass is 219 g/mol. The van der Waals surface area contributed by atoms with Crippen LogP contribution in [0.15, 0.2) is 24.3 Å². The lowest BCUT2D eigenvalue weighted by molar-refractivity contribution is 0.282. The van der Waals surface area contributed by atoms with E-state index in [9.17, 15) is 0 Å². The summed E-state index contributed by atoms with van der Waals surface area (Å²) in [5.41, 5.74) is 2.30. The normalized spacial score (nSPS) is 17.9. The highest BCUT2D eigenvalue weighted by Gasteiger charge is 2.08. The van der Waals surface area contributed by atoms with Crippen LogP contribution in [0, 0.1) is 0 Å². The predicted octanol–water partition coefficient (Wildman–Crippen LogP) is 2.95. The van der Waals surface area contributed by atoms with Gasteiger partial charge in [-0.2, -0.15) is 0 Å². The van der Waals surface area contributed by atoms with Gasteiger partial charge in [0.15, 0.2) is 0 Å². The molecule has 0 aromatic heterocycles. The van der Waals surface area contributed by atoms with Crippen LogP contribution < -0.4 is 4.90 Å². The SMILES string of the molecule is OCc1ccc(N2CCCCCCC2)cc1. The van der Waals surface area contributed by atoms with Crippen LogP contribution in [0.4, 0.5) is 5.69 Å². The van der Waals surface area contributed by atoms with Crippen molar-refractivity contribution in [3.8, 4) is 0 Å². The average molecular weight is 219 g/mol. The molecule has 1 heterocycles. The zero-order valence-electron chi connectivity index (χ0n) is 9.86. The summed E-state index contributed by atoms with van der Waals surface area (Å²) in [4.78, 5) is 2.47. The molecule has 1 saturated heterocycles. The van der Waals surface area contributed by atoms with Crippen molar-refractivity contribution in [3.05, 3.63) is 29.8 Å². The number of aliphatic hydroxyl groups excluding tert-OH is 1. The molecule has 1 fully saturated rings. The van der Waals surface area contributed by atoms with Crippen molar-refractivity contribution >= 4 is 5.69 Å². The minimum absolute atomic E-state index is 0.139. The van der Waals surface area contributed by atoms with Crippen molar-refractivity contribution in [1.29, 1.82) is 0 Å². The standard InChI is InChI=1S/C14H21NO/c16-12-13-6-8-14(9-7-13)15-10-4-2-1-3-5-11-15/h6-9,16H,1-5,10-12H2. The summed E-state index contributed by atoms with van der Waals surface area (Å²) in [6.07, 6.45) is 6.75. The minimum atomic E-state index is 0.139. The van der Waals surface area contributed by atoms with E-state index in [1.807, 2.05) is 12.1 Å². The molecule has 1 aromatic rings. The van der Waals surface area contributed by atoms with Gasteiger partial charge in [0.25, 0.3) is 0 Å². The second-order valence-corrected chi connectivity index (χ2v) is 4.58. The van der Waals surface area contributed by atoms with Crippen molar-refractivity contribution in [2.24, 2.45) is 0 Å². The van der Waals surface area contributed by atoms with E-state index in [0.29, 0.717) is 0 Å². The number of rotatable bonds is 2. The molecule has 88 valence electrons. The third kappa shape index (κ3) is 2.99. The number of anilines is 1. The molecule has 0 atom stereocenters. The maximum Gasteiger partial charge on any atom is 0.0681 e. The van der Waals surface area contributed by atoms with E-state index in [2.05, 4.69) is 17.0 Å². The van der Waals surface area contributed by atoms with Crippen LogP contribution in [0.2, 0.25) is 0 Å². The van der Waals surface area contributed by atoms with Crippen LogP contribution in [0.1, 0.15) is 37.7 Å². The van der Waals surface area contributed by atoms with Gasteiger partial charge in [0, 0.05) is 18.8 Å². The van der Waals surface area contributed by atoms with Crippen LogP contribution in [-0.4, -0.2) is 18.2 Å². The Labute approximate surface area is 97.9 Å². The van der Waals surface area contributed by atoms with Crippen molar-refractivity contribution in [3.63, 3.8) is 0 Å². The number of hydrogen-bond acceptors (Lipinski definition) is 2. The van der Waals surface area contributed by atoms with Gasteiger partial charge < -0.3 is 10.0 Å². The zero-order chi connectivity index (χ0) is 11.2. The topological polar surface area (TPSA) is 23.5 Å². The fourth-order valence-corrected chi connectivity index (χ4v) is 2.32. The summed E-state index contributed by atoms with van der Waals surface area (Å²) < 4.78 is 0. The van der Waals surface area contributed by atoms with Crippen LogP contribution in [0.25, 0.3) is 0 Å². The highest BCUT2D eigenvalue weighted by molar-refractivity contribution is 5.47. The van der Waals surface area contributed by atoms with E-state index in [-0.39, 0.29) is 6.61 Å². The van der Waals surface area contributed by atoms with E-state index in [4.69, 9.17) is 5.11 Å². The Balaban J connectivity index is 2.02. The van der Waals surface area contributed by atoms with Crippen molar-refractivity contribution < 1.29 is 5.11 Å². The van der Waals surface area contributed by atoms with Crippen LogP contribution >= 0.6 is 0 Å². The van der Waals surface area contributed by atoms with Gasteiger partial charge in [-0.3, -0.25) is 0 Å². The van der Waals surface area contributed by atoms with E-state index in [0.717, 1.165) is 5.56 Å². The second kappa shape index (κ2) is 5.90. The quantitative estimate of drug-likeness (QED) is 0.826. The lowest BCUT2D eigenvalue weighted by atomic mass is 10.1. The molecule has 1 N–H and O–H groups in total. The lowest BCUT2D eigenvalue weighted by Crippen LogP contribution is -2.26. The van der Waals surface area contributed by atoms with Crippen LogP contribution in [-0.2, 0) is 6.61 Å². The first-order valence-corrected chi connectivity index (χ1v) is 6.35. The van der Waals surface area contributed by atoms with Crippen molar-refractivity contribution in [2.45, 2.75) is 38.7 Å². The second-order valence-electron chi connectivity index (χ2n) is 4.58. The van der Waals surface area contributed by atoms with Crippen molar-refractivity contribution in [1.82, 2.24) is 0 Å². The van der Waals surface area contributed by atoms with Gasteiger partial charge in [-0.15, -0.1) is 0 Å². The molecule has 16 heavy (non-hydrogen) atoms. The molecule has 0 amide bonds. The molecular weight excluding hydrogens is 198 g/mol. The molecule has 1 aliphatic heterocycles. The average Bonchev–Trinajstić information content (AvgIpc) is 2.29. The molecule has 0 unspecified atom stereocenters. The Morgan fingerprint density at radius 3 is 2.00 bits per heavy atom. The Morgan fingerprint density at radius 2 is 1.44 bits per heavy atom. The van der Waals surface area contributed by atoms with Gasteiger partial charge >= 0.3 is 0 Å². The van der Waals surface area contributed by atoms with E-state index in [1.165, 1.54) is 50.9 Å². The van der Waals surface area contributed by atoms with Gasteiger partial charge in [0.2, 0.25) is 0 Å². The van der Waals surface area contributed by atoms with Gasteiger partial charge in [0.05, 0.1) is 6.61 Å². The summed E-state index contributed by atoms with van der Waals surface area (Å²) in [5, 5.41) is 9.01.